The van der Waals surface area contributed by atoms with Crippen LogP contribution in [0.15, 0.2) is 0 Å². The standard InChI is InChI=1S/C10H18OS2.H2O/c1-9(11)5-3-2-4-6-10-7-8-12-13-10;/h10H,2-8H2,1H3;1H2. The second-order valence-electron chi connectivity index (χ2n) is 3.63. The van der Waals surface area contributed by atoms with Gasteiger partial charge in [0, 0.05) is 17.4 Å². The van der Waals surface area contributed by atoms with Gasteiger partial charge >= 0.3 is 0 Å². The Morgan fingerprint density at radius 2 is 2.14 bits per heavy atom. The Hall–Kier alpha value is 0.330. The predicted molar refractivity (Wildman–Crippen MR) is 65.8 cm³/mol. The van der Waals surface area contributed by atoms with E-state index in [1.807, 2.05) is 10.8 Å². The molecule has 1 aliphatic heterocycles. The zero-order valence-electron chi connectivity index (χ0n) is 8.75. The molecule has 1 heterocycles. The normalized spacial score (nSPS) is 20.5. The third kappa shape index (κ3) is 6.74. The number of rotatable bonds is 6. The van der Waals surface area contributed by atoms with E-state index >= 15 is 0 Å². The van der Waals surface area contributed by atoms with Gasteiger partial charge in [-0.2, -0.15) is 0 Å². The number of unbranched alkanes of at least 4 members (excludes halogenated alkanes) is 2. The summed E-state index contributed by atoms with van der Waals surface area (Å²) in [6.45, 7) is 1.68. The largest absolute Gasteiger partial charge is 0.412 e. The highest BCUT2D eigenvalue weighted by molar-refractivity contribution is 8.77. The Morgan fingerprint density at radius 3 is 2.71 bits per heavy atom. The highest BCUT2D eigenvalue weighted by atomic mass is 33.1. The number of carbonyl (C=O) groups excluding carboxylic acids is 1. The predicted octanol–water partition coefficient (Wildman–Crippen LogP) is 2.85. The minimum Gasteiger partial charge on any atom is -0.412 e. The van der Waals surface area contributed by atoms with Crippen molar-refractivity contribution in [3.8, 4) is 0 Å². The number of ketones is 1. The molecule has 1 fully saturated rings. The van der Waals surface area contributed by atoms with Gasteiger partial charge in [0.15, 0.2) is 0 Å². The van der Waals surface area contributed by atoms with E-state index in [2.05, 4.69) is 10.8 Å². The van der Waals surface area contributed by atoms with Crippen LogP contribution in [0.4, 0.5) is 0 Å². The molecule has 0 amide bonds. The quantitative estimate of drug-likeness (QED) is 0.526. The first-order valence-electron chi connectivity index (χ1n) is 5.07. The molecule has 0 spiro atoms. The lowest BCUT2D eigenvalue weighted by atomic mass is 10.1. The second-order valence-corrected chi connectivity index (χ2v) is 6.42. The van der Waals surface area contributed by atoms with Crippen molar-refractivity contribution in [1.29, 1.82) is 0 Å². The van der Waals surface area contributed by atoms with Crippen LogP contribution in [-0.4, -0.2) is 22.3 Å². The number of Topliss-reactive ketones (excluding diaryl/α,β-unsaturated/α-hetero) is 1. The van der Waals surface area contributed by atoms with Gasteiger partial charge in [-0.1, -0.05) is 34.4 Å². The van der Waals surface area contributed by atoms with E-state index in [4.69, 9.17) is 0 Å². The van der Waals surface area contributed by atoms with Crippen molar-refractivity contribution in [3.63, 3.8) is 0 Å². The third-order valence-corrected chi connectivity index (χ3v) is 5.29. The number of carbonyl (C=O) groups is 1. The molecule has 1 unspecified atom stereocenters. The summed E-state index contributed by atoms with van der Waals surface area (Å²) in [5.74, 6) is 1.67. The molecular weight excluding hydrogens is 216 g/mol. The summed E-state index contributed by atoms with van der Waals surface area (Å²) in [5.41, 5.74) is 0. The maximum Gasteiger partial charge on any atom is 0.129 e. The number of hydrogen-bond acceptors (Lipinski definition) is 3. The molecule has 0 radical (unpaired) electrons. The lowest BCUT2D eigenvalue weighted by Gasteiger charge is -2.05. The molecular formula is C10H20O2S2. The van der Waals surface area contributed by atoms with E-state index in [9.17, 15) is 4.79 Å². The van der Waals surface area contributed by atoms with Crippen molar-refractivity contribution < 1.29 is 10.3 Å². The summed E-state index contributed by atoms with van der Waals surface area (Å²) in [5, 5.41) is 0.905. The Kier molecular flexibility index (Phi) is 8.83. The minimum absolute atomic E-state index is 0. The van der Waals surface area contributed by atoms with Crippen LogP contribution < -0.4 is 0 Å². The van der Waals surface area contributed by atoms with Crippen LogP contribution in [0.1, 0.15) is 45.4 Å². The van der Waals surface area contributed by atoms with Gasteiger partial charge < -0.3 is 10.3 Å². The van der Waals surface area contributed by atoms with Crippen molar-refractivity contribution in [2.75, 3.05) is 5.75 Å². The van der Waals surface area contributed by atoms with E-state index in [1.165, 1.54) is 31.4 Å². The van der Waals surface area contributed by atoms with Crippen molar-refractivity contribution in [3.05, 3.63) is 0 Å². The van der Waals surface area contributed by atoms with Crippen LogP contribution in [0.25, 0.3) is 0 Å². The van der Waals surface area contributed by atoms with Crippen LogP contribution in [0.2, 0.25) is 0 Å². The highest BCUT2D eigenvalue weighted by Gasteiger charge is 2.15. The number of hydrogen-bond donors (Lipinski definition) is 0. The Labute approximate surface area is 94.3 Å². The van der Waals surface area contributed by atoms with Gasteiger partial charge in [-0.15, -0.1) is 0 Å². The van der Waals surface area contributed by atoms with Gasteiger partial charge in [-0.3, -0.25) is 0 Å². The molecule has 84 valence electrons. The molecule has 1 atom stereocenters. The van der Waals surface area contributed by atoms with E-state index < -0.39 is 0 Å². The molecule has 1 aliphatic rings. The lowest BCUT2D eigenvalue weighted by molar-refractivity contribution is -0.117. The van der Waals surface area contributed by atoms with E-state index in [1.54, 1.807) is 6.92 Å². The van der Waals surface area contributed by atoms with Gasteiger partial charge in [0.2, 0.25) is 0 Å². The van der Waals surface area contributed by atoms with Crippen molar-refractivity contribution in [1.82, 2.24) is 0 Å². The van der Waals surface area contributed by atoms with Gasteiger partial charge in [-0.05, 0) is 26.2 Å². The first-order chi connectivity index (χ1) is 6.29. The van der Waals surface area contributed by atoms with E-state index in [0.717, 1.165) is 18.1 Å². The molecule has 2 nitrogen and oxygen atoms in total. The Balaban J connectivity index is 0.00000169. The van der Waals surface area contributed by atoms with Crippen molar-refractivity contribution in [2.45, 2.75) is 50.7 Å². The van der Waals surface area contributed by atoms with Gasteiger partial charge in [0.05, 0.1) is 0 Å². The van der Waals surface area contributed by atoms with Crippen LogP contribution in [0.3, 0.4) is 0 Å². The van der Waals surface area contributed by atoms with Crippen LogP contribution in [0.5, 0.6) is 0 Å². The first-order valence-corrected chi connectivity index (χ1v) is 7.45. The van der Waals surface area contributed by atoms with Crippen molar-refractivity contribution in [2.24, 2.45) is 0 Å². The summed E-state index contributed by atoms with van der Waals surface area (Å²) in [7, 11) is 4.07. The fourth-order valence-electron chi connectivity index (χ4n) is 1.49. The average molecular weight is 236 g/mol. The lowest BCUT2D eigenvalue weighted by Crippen LogP contribution is -1.97. The molecule has 0 bridgehead atoms. The smallest absolute Gasteiger partial charge is 0.129 e. The minimum atomic E-state index is 0. The first kappa shape index (κ1) is 14.3. The summed E-state index contributed by atoms with van der Waals surface area (Å²) < 4.78 is 0. The second kappa shape index (κ2) is 8.62. The molecule has 0 aromatic rings. The van der Waals surface area contributed by atoms with E-state index in [-0.39, 0.29) is 5.48 Å². The molecule has 0 aliphatic carbocycles. The average Bonchev–Trinajstić information content (AvgIpc) is 2.55. The highest BCUT2D eigenvalue weighted by Crippen LogP contribution is 2.39. The maximum atomic E-state index is 10.7. The van der Waals surface area contributed by atoms with Gasteiger partial charge in [0.25, 0.3) is 0 Å². The molecule has 1 saturated heterocycles. The van der Waals surface area contributed by atoms with Gasteiger partial charge in [0.1, 0.15) is 5.78 Å². The molecule has 2 N–H and O–H groups in total. The Morgan fingerprint density at radius 1 is 1.36 bits per heavy atom. The zero-order valence-corrected chi connectivity index (χ0v) is 10.4. The van der Waals surface area contributed by atoms with Gasteiger partial charge in [-0.25, -0.2) is 0 Å². The monoisotopic (exact) mass is 236 g/mol. The third-order valence-electron chi connectivity index (χ3n) is 2.28. The summed E-state index contributed by atoms with van der Waals surface area (Å²) in [4.78, 5) is 10.7. The molecule has 0 aromatic heterocycles. The Bertz CT molecular complexity index is 156. The molecule has 14 heavy (non-hydrogen) atoms. The van der Waals surface area contributed by atoms with Crippen LogP contribution >= 0.6 is 21.6 Å². The fraction of sp³-hybridized carbons (Fsp3) is 0.900. The van der Waals surface area contributed by atoms with Crippen LogP contribution in [-0.2, 0) is 4.79 Å². The molecule has 0 saturated carbocycles. The maximum absolute atomic E-state index is 10.7. The molecule has 1 rings (SSSR count). The molecule has 4 heteroatoms. The fourth-order valence-corrected chi connectivity index (χ4v) is 4.51. The summed E-state index contributed by atoms with van der Waals surface area (Å²) in [6, 6.07) is 0. The summed E-state index contributed by atoms with van der Waals surface area (Å²) in [6.07, 6.45) is 7.18. The zero-order chi connectivity index (χ0) is 9.52. The van der Waals surface area contributed by atoms with E-state index in [0.29, 0.717) is 5.78 Å². The van der Waals surface area contributed by atoms with Crippen LogP contribution in [0, 0.1) is 0 Å². The van der Waals surface area contributed by atoms with Crippen molar-refractivity contribution >= 4 is 27.4 Å². The topological polar surface area (TPSA) is 48.6 Å². The molecule has 0 aromatic carbocycles. The summed E-state index contributed by atoms with van der Waals surface area (Å²) >= 11 is 0. The SMILES string of the molecule is CC(=O)CCCCCC1CCSS1.O.